The molecule has 0 bridgehead atoms. The Morgan fingerprint density at radius 1 is 1.05 bits per heavy atom. The van der Waals surface area contributed by atoms with Crippen LogP contribution in [0.4, 0.5) is 10.5 Å². The van der Waals surface area contributed by atoms with Crippen molar-refractivity contribution < 1.29 is 14.6 Å². The summed E-state index contributed by atoms with van der Waals surface area (Å²) in [6, 6.07) is 16.1. The summed E-state index contributed by atoms with van der Waals surface area (Å²) in [5, 5.41) is 13.8. The van der Waals surface area contributed by atoms with Crippen molar-refractivity contribution in [3.63, 3.8) is 0 Å². The number of nitrogens with one attached hydrogen (secondary N) is 2. The van der Waals surface area contributed by atoms with Crippen molar-refractivity contribution in [2.75, 3.05) is 18.5 Å². The molecule has 0 saturated carbocycles. The molecule has 0 unspecified atom stereocenters. The van der Waals surface area contributed by atoms with Gasteiger partial charge in [-0.05, 0) is 24.3 Å². The number of benzene rings is 2. The smallest absolute Gasteiger partial charge is 0.319 e. The van der Waals surface area contributed by atoms with Gasteiger partial charge in [0.15, 0.2) is 0 Å². The van der Waals surface area contributed by atoms with Crippen molar-refractivity contribution in [2.45, 2.75) is 0 Å². The number of ether oxygens (including phenoxy) is 1. The first-order valence-corrected chi connectivity index (χ1v) is 6.26. The number of carbonyl (C=O) groups is 1. The Balaban J connectivity index is 1.99. The normalized spacial score (nSPS) is 9.85. The fraction of sp³-hybridized carbons (Fsp3) is 0.133. The maximum Gasteiger partial charge on any atom is 0.319 e. The zero-order valence-electron chi connectivity index (χ0n) is 10.9. The average Bonchev–Trinajstić information content (AvgIpc) is 2.46. The highest BCUT2D eigenvalue weighted by molar-refractivity contribution is 5.89. The summed E-state index contributed by atoms with van der Waals surface area (Å²) < 4.78 is 5.67. The van der Waals surface area contributed by atoms with Gasteiger partial charge in [-0.3, -0.25) is 0 Å². The maximum atomic E-state index is 11.5. The number of amides is 2. The van der Waals surface area contributed by atoms with Crippen LogP contribution in [-0.2, 0) is 0 Å². The van der Waals surface area contributed by atoms with Crippen molar-refractivity contribution >= 4 is 11.7 Å². The number of hydrogen-bond acceptors (Lipinski definition) is 3. The Kier molecular flexibility index (Phi) is 4.97. The second kappa shape index (κ2) is 7.16. The number of hydrogen-bond donors (Lipinski definition) is 3. The van der Waals surface area contributed by atoms with Crippen LogP contribution in [0.3, 0.4) is 0 Å². The van der Waals surface area contributed by atoms with Crippen LogP contribution in [0.5, 0.6) is 11.5 Å². The van der Waals surface area contributed by atoms with E-state index in [4.69, 9.17) is 9.84 Å². The summed E-state index contributed by atoms with van der Waals surface area (Å²) in [4.78, 5) is 11.5. The molecule has 5 heteroatoms. The van der Waals surface area contributed by atoms with E-state index in [2.05, 4.69) is 10.6 Å². The van der Waals surface area contributed by atoms with E-state index in [0.717, 1.165) is 5.75 Å². The molecule has 5 nitrogen and oxygen atoms in total. The maximum absolute atomic E-state index is 11.5. The third-order valence-electron chi connectivity index (χ3n) is 2.47. The lowest BCUT2D eigenvalue weighted by Gasteiger charge is -2.09. The molecular weight excluding hydrogens is 256 g/mol. The molecule has 0 aliphatic heterocycles. The van der Waals surface area contributed by atoms with Crippen LogP contribution in [0, 0.1) is 0 Å². The van der Waals surface area contributed by atoms with Gasteiger partial charge in [-0.15, -0.1) is 0 Å². The average molecular weight is 272 g/mol. The predicted molar refractivity (Wildman–Crippen MR) is 77.1 cm³/mol. The van der Waals surface area contributed by atoms with E-state index in [1.807, 2.05) is 36.4 Å². The minimum absolute atomic E-state index is 0.0927. The van der Waals surface area contributed by atoms with Crippen LogP contribution < -0.4 is 15.4 Å². The van der Waals surface area contributed by atoms with Gasteiger partial charge in [-0.25, -0.2) is 4.79 Å². The highest BCUT2D eigenvalue weighted by Crippen LogP contribution is 2.23. The first kappa shape index (κ1) is 13.9. The second-order valence-electron chi connectivity index (χ2n) is 4.05. The summed E-state index contributed by atoms with van der Waals surface area (Å²) in [7, 11) is 0. The summed E-state index contributed by atoms with van der Waals surface area (Å²) in [6.45, 7) is 0.122. The van der Waals surface area contributed by atoms with Gasteiger partial charge in [-0.2, -0.15) is 0 Å². The molecule has 0 aliphatic carbocycles. The Labute approximate surface area is 117 Å². The standard InChI is InChI=1S/C15H16N2O3/c18-10-9-16-15(19)17-12-5-4-8-14(11-12)20-13-6-2-1-3-7-13/h1-8,11,18H,9-10H2,(H2,16,17,19). The lowest BCUT2D eigenvalue weighted by atomic mass is 10.3. The largest absolute Gasteiger partial charge is 0.457 e. The van der Waals surface area contributed by atoms with E-state index in [1.165, 1.54) is 0 Å². The van der Waals surface area contributed by atoms with E-state index < -0.39 is 0 Å². The lowest BCUT2D eigenvalue weighted by Crippen LogP contribution is -2.30. The SMILES string of the molecule is O=C(NCCO)Nc1cccc(Oc2ccccc2)c1. The molecule has 3 N–H and O–H groups in total. The molecule has 104 valence electrons. The number of rotatable bonds is 5. The molecule has 0 spiro atoms. The topological polar surface area (TPSA) is 70.6 Å². The van der Waals surface area contributed by atoms with Crippen molar-refractivity contribution in [3.05, 3.63) is 54.6 Å². The van der Waals surface area contributed by atoms with Crippen molar-refractivity contribution in [2.24, 2.45) is 0 Å². The third kappa shape index (κ3) is 4.29. The van der Waals surface area contributed by atoms with Crippen molar-refractivity contribution in [3.8, 4) is 11.5 Å². The monoisotopic (exact) mass is 272 g/mol. The molecule has 2 aromatic carbocycles. The van der Waals surface area contributed by atoms with Crippen LogP contribution in [0.15, 0.2) is 54.6 Å². The summed E-state index contributed by atoms with van der Waals surface area (Å²) >= 11 is 0. The molecule has 0 radical (unpaired) electrons. The predicted octanol–water partition coefficient (Wildman–Crippen LogP) is 2.59. The minimum atomic E-state index is -0.365. The van der Waals surface area contributed by atoms with E-state index in [1.54, 1.807) is 18.2 Å². The molecule has 0 aromatic heterocycles. The van der Waals surface area contributed by atoms with Gasteiger partial charge >= 0.3 is 6.03 Å². The molecule has 20 heavy (non-hydrogen) atoms. The van der Waals surface area contributed by atoms with E-state index in [9.17, 15) is 4.79 Å². The molecular formula is C15H16N2O3. The number of urea groups is 1. The Morgan fingerprint density at radius 2 is 1.80 bits per heavy atom. The van der Waals surface area contributed by atoms with Gasteiger partial charge in [0.25, 0.3) is 0 Å². The first-order chi connectivity index (χ1) is 9.78. The zero-order chi connectivity index (χ0) is 14.2. The van der Waals surface area contributed by atoms with Gasteiger partial charge in [0, 0.05) is 18.3 Å². The van der Waals surface area contributed by atoms with Gasteiger partial charge in [0.1, 0.15) is 11.5 Å². The summed E-state index contributed by atoms with van der Waals surface area (Å²) in [5.74, 6) is 1.37. The number of aliphatic hydroxyl groups is 1. The Hall–Kier alpha value is -2.53. The number of aliphatic hydroxyl groups excluding tert-OH is 1. The summed E-state index contributed by atoms with van der Waals surface area (Å²) in [6.07, 6.45) is 0. The first-order valence-electron chi connectivity index (χ1n) is 6.26. The van der Waals surface area contributed by atoms with Crippen LogP contribution in [0.2, 0.25) is 0 Å². The fourth-order valence-corrected chi connectivity index (χ4v) is 1.61. The molecule has 0 heterocycles. The molecule has 2 aromatic rings. The van der Waals surface area contributed by atoms with Crippen LogP contribution >= 0.6 is 0 Å². The molecule has 0 fully saturated rings. The van der Waals surface area contributed by atoms with E-state index in [-0.39, 0.29) is 19.2 Å². The van der Waals surface area contributed by atoms with Gasteiger partial charge in [0.05, 0.1) is 6.61 Å². The molecule has 0 atom stereocenters. The lowest BCUT2D eigenvalue weighted by molar-refractivity contribution is 0.245. The zero-order valence-corrected chi connectivity index (χ0v) is 10.9. The molecule has 0 aliphatic rings. The minimum Gasteiger partial charge on any atom is -0.457 e. The third-order valence-corrected chi connectivity index (χ3v) is 2.47. The number of anilines is 1. The van der Waals surface area contributed by atoms with Crippen LogP contribution in [0.1, 0.15) is 0 Å². The van der Waals surface area contributed by atoms with Crippen molar-refractivity contribution in [1.82, 2.24) is 5.32 Å². The molecule has 0 saturated heterocycles. The van der Waals surface area contributed by atoms with Crippen molar-refractivity contribution in [1.29, 1.82) is 0 Å². The van der Waals surface area contributed by atoms with Gasteiger partial charge in [0.2, 0.25) is 0 Å². The van der Waals surface area contributed by atoms with E-state index >= 15 is 0 Å². The van der Waals surface area contributed by atoms with Crippen LogP contribution in [-0.4, -0.2) is 24.3 Å². The highest BCUT2D eigenvalue weighted by atomic mass is 16.5. The van der Waals surface area contributed by atoms with Gasteiger partial charge < -0.3 is 20.5 Å². The molecule has 2 amide bonds. The van der Waals surface area contributed by atoms with Gasteiger partial charge in [-0.1, -0.05) is 24.3 Å². The van der Waals surface area contributed by atoms with E-state index in [0.29, 0.717) is 11.4 Å². The van der Waals surface area contributed by atoms with Crippen LogP contribution in [0.25, 0.3) is 0 Å². The number of carbonyl (C=O) groups excluding carboxylic acids is 1. The fourth-order valence-electron chi connectivity index (χ4n) is 1.61. The molecule has 2 rings (SSSR count). The summed E-state index contributed by atoms with van der Waals surface area (Å²) in [5.41, 5.74) is 0.619. The number of para-hydroxylation sites is 1. The second-order valence-corrected chi connectivity index (χ2v) is 4.05. The Morgan fingerprint density at radius 3 is 2.55 bits per heavy atom. The highest BCUT2D eigenvalue weighted by Gasteiger charge is 2.02. The Bertz CT molecular complexity index is 558. The quantitative estimate of drug-likeness (QED) is 0.783.